The minimum atomic E-state index is -0.538. The van der Waals surface area contributed by atoms with Gasteiger partial charge in [0.05, 0.1) is 23.6 Å². The molecule has 1 atom stereocenters. The molecular weight excluding hydrogens is 462 g/mol. The van der Waals surface area contributed by atoms with Crippen molar-refractivity contribution in [3.8, 4) is 5.75 Å². The van der Waals surface area contributed by atoms with Crippen molar-refractivity contribution in [2.45, 2.75) is 59.0 Å². The smallest absolute Gasteiger partial charge is 0.291 e. The number of amides is 1. The first-order chi connectivity index (χ1) is 18.0. The maximum atomic E-state index is 13.8. The van der Waals surface area contributed by atoms with E-state index < -0.39 is 6.04 Å². The highest BCUT2D eigenvalue weighted by Gasteiger charge is 2.42. The molecule has 0 radical (unpaired) electrons. The number of hydrogen-bond donors (Lipinski definition) is 0. The predicted octanol–water partition coefficient (Wildman–Crippen LogP) is 7.11. The van der Waals surface area contributed by atoms with Gasteiger partial charge in [0.2, 0.25) is 5.76 Å². The third kappa shape index (κ3) is 4.91. The van der Waals surface area contributed by atoms with Gasteiger partial charge < -0.3 is 14.1 Å². The van der Waals surface area contributed by atoms with Gasteiger partial charge in [-0.15, -0.1) is 0 Å². The zero-order valence-corrected chi connectivity index (χ0v) is 21.8. The Labute approximate surface area is 217 Å². The van der Waals surface area contributed by atoms with Gasteiger partial charge in [0.25, 0.3) is 5.91 Å². The Morgan fingerprint density at radius 1 is 0.892 bits per heavy atom. The van der Waals surface area contributed by atoms with Crippen LogP contribution in [0.2, 0.25) is 0 Å². The van der Waals surface area contributed by atoms with Crippen molar-refractivity contribution < 1.29 is 13.9 Å². The summed E-state index contributed by atoms with van der Waals surface area (Å²) in [6.45, 7) is 7.20. The predicted molar refractivity (Wildman–Crippen MR) is 146 cm³/mol. The number of unbranched alkanes of at least 4 members (excludes halogenated alkanes) is 3. The summed E-state index contributed by atoms with van der Waals surface area (Å²) in [6, 6.07) is 20.8. The van der Waals surface area contributed by atoms with Gasteiger partial charge in [0.1, 0.15) is 11.3 Å². The average Bonchev–Trinajstić information content (AvgIpc) is 3.17. The van der Waals surface area contributed by atoms with Crippen LogP contribution in [0.4, 0.5) is 0 Å². The molecule has 2 heterocycles. The summed E-state index contributed by atoms with van der Waals surface area (Å²) in [5.74, 6) is 0.659. The molecule has 37 heavy (non-hydrogen) atoms. The van der Waals surface area contributed by atoms with Crippen molar-refractivity contribution >= 4 is 16.9 Å². The topological polar surface area (TPSA) is 59.8 Å². The number of benzene rings is 3. The molecule has 0 saturated carbocycles. The molecule has 0 fully saturated rings. The molecule has 1 aromatic heterocycles. The lowest BCUT2D eigenvalue weighted by molar-refractivity contribution is 0.0714. The Morgan fingerprint density at radius 3 is 2.35 bits per heavy atom. The van der Waals surface area contributed by atoms with Crippen molar-refractivity contribution in [2.24, 2.45) is 0 Å². The zero-order chi connectivity index (χ0) is 25.9. The lowest BCUT2D eigenvalue weighted by Gasteiger charge is -2.25. The van der Waals surface area contributed by atoms with E-state index >= 15 is 0 Å². The number of hydrogen-bond acceptors (Lipinski definition) is 4. The van der Waals surface area contributed by atoms with Gasteiger partial charge in [0, 0.05) is 6.54 Å². The second kappa shape index (κ2) is 10.6. The molecule has 0 saturated heterocycles. The normalized spacial score (nSPS) is 14.8. The number of rotatable bonds is 9. The van der Waals surface area contributed by atoms with Gasteiger partial charge >= 0.3 is 0 Å². The fourth-order valence-corrected chi connectivity index (χ4v) is 5.03. The lowest BCUT2D eigenvalue weighted by atomic mass is 9.97. The number of aryl methyl sites for hydroxylation is 2. The molecule has 4 aromatic rings. The van der Waals surface area contributed by atoms with Crippen LogP contribution < -0.4 is 10.2 Å². The van der Waals surface area contributed by atoms with E-state index in [0.717, 1.165) is 40.8 Å². The van der Waals surface area contributed by atoms with E-state index in [-0.39, 0.29) is 17.1 Å². The van der Waals surface area contributed by atoms with Crippen LogP contribution in [0.25, 0.3) is 11.0 Å². The van der Waals surface area contributed by atoms with Crippen LogP contribution in [-0.4, -0.2) is 17.4 Å². The molecule has 190 valence electrons. The van der Waals surface area contributed by atoms with Crippen LogP contribution >= 0.6 is 0 Å². The molecule has 1 aliphatic heterocycles. The molecule has 1 unspecified atom stereocenters. The number of nitrogens with zero attached hydrogens (tertiary/aromatic N) is 1. The summed E-state index contributed by atoms with van der Waals surface area (Å²) in [7, 11) is 0. The van der Waals surface area contributed by atoms with Crippen molar-refractivity contribution in [3.63, 3.8) is 0 Å². The molecule has 5 heteroatoms. The maximum Gasteiger partial charge on any atom is 0.291 e. The van der Waals surface area contributed by atoms with Gasteiger partial charge in [-0.25, -0.2) is 0 Å². The number of fused-ring (bicyclic) bond motifs is 2. The Bertz CT molecular complexity index is 1470. The third-order valence-electron chi connectivity index (χ3n) is 7.24. The van der Waals surface area contributed by atoms with Crippen molar-refractivity contribution in [2.75, 3.05) is 6.61 Å². The summed E-state index contributed by atoms with van der Waals surface area (Å²) in [6.07, 6.45) is 4.59. The summed E-state index contributed by atoms with van der Waals surface area (Å²) < 4.78 is 12.1. The molecule has 0 aliphatic carbocycles. The number of carbonyl (C=O) groups excluding carboxylic acids is 1. The standard InChI is InChI=1S/C32H33NO4/c1-4-5-6-10-17-36-25-15-13-24(14-16-25)29-28-30(34)26-18-21(2)22(3)19-27(26)37-31(28)32(35)33(29)20-23-11-8-7-9-12-23/h7-9,11-16,18-19,29H,4-6,10,17,20H2,1-3H3. The molecule has 5 rings (SSSR count). The highest BCUT2D eigenvalue weighted by atomic mass is 16.5. The quantitative estimate of drug-likeness (QED) is 0.232. The monoisotopic (exact) mass is 495 g/mol. The molecule has 3 aromatic carbocycles. The Morgan fingerprint density at radius 2 is 1.62 bits per heavy atom. The van der Waals surface area contributed by atoms with Crippen LogP contribution in [0.3, 0.4) is 0 Å². The van der Waals surface area contributed by atoms with E-state index in [1.54, 1.807) is 4.90 Å². The average molecular weight is 496 g/mol. The van der Waals surface area contributed by atoms with Gasteiger partial charge in [0.15, 0.2) is 5.43 Å². The molecule has 0 spiro atoms. The molecule has 5 nitrogen and oxygen atoms in total. The van der Waals surface area contributed by atoms with E-state index in [0.29, 0.717) is 29.7 Å². The van der Waals surface area contributed by atoms with Gasteiger partial charge in [-0.1, -0.05) is 68.7 Å². The SMILES string of the molecule is CCCCCCOc1ccc(C2c3c(oc4cc(C)c(C)cc4c3=O)C(=O)N2Cc2ccccc2)cc1. The van der Waals surface area contributed by atoms with Crippen LogP contribution in [-0.2, 0) is 6.54 Å². The van der Waals surface area contributed by atoms with Crippen LogP contribution in [0.1, 0.15) is 77.0 Å². The molecule has 0 N–H and O–H groups in total. The van der Waals surface area contributed by atoms with Crippen molar-refractivity contribution in [1.82, 2.24) is 4.90 Å². The van der Waals surface area contributed by atoms with Gasteiger partial charge in [-0.3, -0.25) is 9.59 Å². The zero-order valence-electron chi connectivity index (χ0n) is 21.8. The fourth-order valence-electron chi connectivity index (χ4n) is 5.03. The van der Waals surface area contributed by atoms with E-state index in [1.165, 1.54) is 12.8 Å². The lowest BCUT2D eigenvalue weighted by Crippen LogP contribution is -2.29. The number of carbonyl (C=O) groups is 1. The summed E-state index contributed by atoms with van der Waals surface area (Å²) in [5, 5.41) is 0.508. The van der Waals surface area contributed by atoms with Crippen LogP contribution in [0.15, 0.2) is 75.9 Å². The fraction of sp³-hybridized carbons (Fsp3) is 0.312. The first-order valence-corrected chi connectivity index (χ1v) is 13.1. The second-order valence-electron chi connectivity index (χ2n) is 9.91. The van der Waals surface area contributed by atoms with Gasteiger partial charge in [-0.05, 0) is 66.8 Å². The van der Waals surface area contributed by atoms with E-state index in [9.17, 15) is 9.59 Å². The minimum absolute atomic E-state index is 0.137. The third-order valence-corrected chi connectivity index (χ3v) is 7.24. The summed E-state index contributed by atoms with van der Waals surface area (Å²) in [4.78, 5) is 29.3. The minimum Gasteiger partial charge on any atom is -0.494 e. The number of ether oxygens (including phenoxy) is 1. The largest absolute Gasteiger partial charge is 0.494 e. The first-order valence-electron chi connectivity index (χ1n) is 13.1. The van der Waals surface area contributed by atoms with Crippen molar-refractivity contribution in [1.29, 1.82) is 0 Å². The summed E-state index contributed by atoms with van der Waals surface area (Å²) in [5.41, 5.74) is 4.59. The Hall–Kier alpha value is -3.86. The first kappa shape index (κ1) is 24.8. The molecule has 1 amide bonds. The highest BCUT2D eigenvalue weighted by Crippen LogP contribution is 2.39. The summed E-state index contributed by atoms with van der Waals surface area (Å²) >= 11 is 0. The van der Waals surface area contributed by atoms with E-state index in [1.807, 2.05) is 80.6 Å². The van der Waals surface area contributed by atoms with E-state index in [2.05, 4.69) is 6.92 Å². The second-order valence-corrected chi connectivity index (χ2v) is 9.91. The Kier molecular flexibility index (Phi) is 7.13. The van der Waals surface area contributed by atoms with Crippen LogP contribution in [0.5, 0.6) is 5.75 Å². The van der Waals surface area contributed by atoms with Crippen molar-refractivity contribution in [3.05, 3.63) is 111 Å². The maximum absolute atomic E-state index is 13.8. The Balaban J connectivity index is 1.54. The highest BCUT2D eigenvalue weighted by molar-refractivity contribution is 5.99. The van der Waals surface area contributed by atoms with Gasteiger partial charge in [-0.2, -0.15) is 0 Å². The molecular formula is C32H33NO4. The van der Waals surface area contributed by atoms with E-state index in [4.69, 9.17) is 9.15 Å². The molecule has 1 aliphatic rings. The van der Waals surface area contributed by atoms with Crippen LogP contribution in [0, 0.1) is 13.8 Å². The molecule has 0 bridgehead atoms.